The van der Waals surface area contributed by atoms with Gasteiger partial charge in [-0.15, -0.1) is 0 Å². The van der Waals surface area contributed by atoms with E-state index in [4.69, 9.17) is 11.6 Å². The zero-order chi connectivity index (χ0) is 11.0. The number of halogens is 1. The molecule has 0 atom stereocenters. The predicted molar refractivity (Wildman–Crippen MR) is 63.9 cm³/mol. The summed E-state index contributed by atoms with van der Waals surface area (Å²) in [7, 11) is 0. The molecule has 16 heavy (non-hydrogen) atoms. The summed E-state index contributed by atoms with van der Waals surface area (Å²) in [5, 5.41) is 1.83. The number of aromatic nitrogens is 3. The molecule has 0 fully saturated rings. The topological polar surface area (TPSA) is 30.7 Å². The molecule has 2 heterocycles. The van der Waals surface area contributed by atoms with Crippen LogP contribution in [0.3, 0.4) is 0 Å². The Hall–Kier alpha value is -1.87. The summed E-state index contributed by atoms with van der Waals surface area (Å²) < 4.78 is 1.92. The average molecular weight is 230 g/mol. The van der Waals surface area contributed by atoms with Crippen LogP contribution in [0.4, 0.5) is 0 Å². The molecule has 4 heteroatoms. The average Bonchev–Trinajstić information content (AvgIpc) is 2.73. The predicted octanol–water partition coefficient (Wildman–Crippen LogP) is 3.07. The van der Waals surface area contributed by atoms with Gasteiger partial charge >= 0.3 is 0 Å². The van der Waals surface area contributed by atoms with Gasteiger partial charge in [-0.2, -0.15) is 0 Å². The van der Waals surface area contributed by atoms with Crippen LogP contribution in [0.1, 0.15) is 0 Å². The number of nitrogens with zero attached hydrogens (tertiary/aromatic N) is 3. The third-order valence-electron chi connectivity index (χ3n) is 2.42. The van der Waals surface area contributed by atoms with Crippen molar-refractivity contribution in [2.45, 2.75) is 0 Å². The smallest absolute Gasteiger partial charge is 0.234 e. The van der Waals surface area contributed by atoms with E-state index in [1.807, 2.05) is 35.0 Å². The molecule has 0 unspecified atom stereocenters. The fraction of sp³-hybridized carbons (Fsp3) is 0. The maximum absolute atomic E-state index is 5.98. The van der Waals surface area contributed by atoms with Crippen molar-refractivity contribution in [2.75, 3.05) is 0 Å². The van der Waals surface area contributed by atoms with E-state index in [1.54, 1.807) is 18.5 Å². The molecule has 1 aromatic carbocycles. The maximum Gasteiger partial charge on any atom is 0.234 e. The zero-order valence-electron chi connectivity index (χ0n) is 8.34. The Morgan fingerprint density at radius 3 is 2.69 bits per heavy atom. The van der Waals surface area contributed by atoms with Gasteiger partial charge in [-0.3, -0.25) is 4.57 Å². The van der Waals surface area contributed by atoms with E-state index in [2.05, 4.69) is 9.97 Å². The number of hydrogen-bond acceptors (Lipinski definition) is 2. The molecule has 0 N–H and O–H groups in total. The Morgan fingerprint density at radius 2 is 1.88 bits per heavy atom. The van der Waals surface area contributed by atoms with Crippen molar-refractivity contribution in [3.05, 3.63) is 53.9 Å². The molecule has 0 amide bonds. The minimum Gasteiger partial charge on any atom is -0.285 e. The van der Waals surface area contributed by atoms with Gasteiger partial charge in [0.25, 0.3) is 0 Å². The maximum atomic E-state index is 5.98. The largest absolute Gasteiger partial charge is 0.285 e. The highest BCUT2D eigenvalue weighted by molar-refractivity contribution is 6.31. The van der Waals surface area contributed by atoms with Crippen LogP contribution in [0.15, 0.2) is 48.9 Å². The summed E-state index contributed by atoms with van der Waals surface area (Å²) in [6.07, 6.45) is 5.38. The van der Waals surface area contributed by atoms with Crippen LogP contribution >= 0.6 is 11.6 Å². The van der Waals surface area contributed by atoms with E-state index in [0.29, 0.717) is 11.0 Å². The van der Waals surface area contributed by atoms with Crippen molar-refractivity contribution >= 4 is 22.5 Å². The molecule has 3 nitrogen and oxygen atoms in total. The van der Waals surface area contributed by atoms with Gasteiger partial charge in [0, 0.05) is 29.0 Å². The molecular formula is C12H8ClN3. The highest BCUT2D eigenvalue weighted by Gasteiger charge is 2.04. The van der Waals surface area contributed by atoms with Crippen LogP contribution in [0.5, 0.6) is 0 Å². The lowest BCUT2D eigenvalue weighted by atomic mass is 10.2. The van der Waals surface area contributed by atoms with Gasteiger partial charge in [-0.05, 0) is 24.3 Å². The minimum atomic E-state index is 0.653. The minimum absolute atomic E-state index is 0.653. The lowest BCUT2D eigenvalue weighted by Gasteiger charge is -2.02. The van der Waals surface area contributed by atoms with Crippen LogP contribution < -0.4 is 0 Å². The second-order valence-electron chi connectivity index (χ2n) is 3.44. The Bertz CT molecular complexity index is 631. The molecule has 0 radical (unpaired) electrons. The van der Waals surface area contributed by atoms with Crippen LogP contribution in [0, 0.1) is 0 Å². The number of benzene rings is 1. The zero-order valence-corrected chi connectivity index (χ0v) is 9.09. The fourth-order valence-electron chi connectivity index (χ4n) is 1.69. The molecule has 3 aromatic rings. The van der Waals surface area contributed by atoms with Crippen molar-refractivity contribution in [1.29, 1.82) is 0 Å². The molecule has 0 saturated heterocycles. The molecule has 0 spiro atoms. The van der Waals surface area contributed by atoms with E-state index < -0.39 is 0 Å². The third kappa shape index (κ3) is 1.46. The summed E-state index contributed by atoms with van der Waals surface area (Å²) in [4.78, 5) is 8.42. The van der Waals surface area contributed by atoms with E-state index >= 15 is 0 Å². The van der Waals surface area contributed by atoms with Gasteiger partial charge in [0.05, 0.1) is 5.52 Å². The van der Waals surface area contributed by atoms with E-state index in [1.165, 1.54) is 0 Å². The normalized spacial score (nSPS) is 10.8. The summed E-state index contributed by atoms with van der Waals surface area (Å²) >= 11 is 5.98. The van der Waals surface area contributed by atoms with Crippen LogP contribution in [0.25, 0.3) is 16.9 Å². The van der Waals surface area contributed by atoms with Crippen molar-refractivity contribution in [3.63, 3.8) is 0 Å². The van der Waals surface area contributed by atoms with Crippen molar-refractivity contribution in [3.8, 4) is 5.95 Å². The second-order valence-corrected chi connectivity index (χ2v) is 3.87. The highest BCUT2D eigenvalue weighted by atomic mass is 35.5. The van der Waals surface area contributed by atoms with Gasteiger partial charge < -0.3 is 0 Å². The van der Waals surface area contributed by atoms with Gasteiger partial charge in [-0.1, -0.05) is 17.7 Å². The monoisotopic (exact) mass is 229 g/mol. The Balaban J connectivity index is 2.29. The van der Waals surface area contributed by atoms with E-state index in [-0.39, 0.29) is 0 Å². The fourth-order valence-corrected chi connectivity index (χ4v) is 1.86. The first-order chi connectivity index (χ1) is 7.84. The molecule has 2 aromatic heterocycles. The van der Waals surface area contributed by atoms with Crippen LogP contribution in [-0.2, 0) is 0 Å². The molecule has 3 rings (SSSR count). The SMILES string of the molecule is Clc1ccc2ccn(-c3ncccn3)c2c1. The molecule has 0 bridgehead atoms. The molecule has 0 aliphatic carbocycles. The van der Waals surface area contributed by atoms with Crippen LogP contribution in [0.2, 0.25) is 5.02 Å². The molecule has 0 aliphatic heterocycles. The van der Waals surface area contributed by atoms with Crippen molar-refractivity contribution in [2.24, 2.45) is 0 Å². The number of hydrogen-bond donors (Lipinski definition) is 0. The Labute approximate surface area is 97.3 Å². The van der Waals surface area contributed by atoms with Gasteiger partial charge in [0.2, 0.25) is 5.95 Å². The molecule has 78 valence electrons. The standard InChI is InChI=1S/C12H8ClN3/c13-10-3-2-9-4-7-16(11(9)8-10)12-14-5-1-6-15-12/h1-8H. The highest BCUT2D eigenvalue weighted by Crippen LogP contribution is 2.22. The molecular weight excluding hydrogens is 222 g/mol. The van der Waals surface area contributed by atoms with Gasteiger partial charge in [0.1, 0.15) is 0 Å². The summed E-state index contributed by atoms with van der Waals surface area (Å²) in [6, 6.07) is 9.58. The Kier molecular flexibility index (Phi) is 2.11. The van der Waals surface area contributed by atoms with E-state index in [0.717, 1.165) is 10.9 Å². The summed E-state index contributed by atoms with van der Waals surface area (Å²) in [6.45, 7) is 0. The first kappa shape index (κ1) is 9.36. The van der Waals surface area contributed by atoms with Gasteiger partial charge in [-0.25, -0.2) is 9.97 Å². The lowest BCUT2D eigenvalue weighted by molar-refractivity contribution is 0.962. The first-order valence-corrected chi connectivity index (χ1v) is 5.26. The first-order valence-electron chi connectivity index (χ1n) is 4.88. The quantitative estimate of drug-likeness (QED) is 0.642. The van der Waals surface area contributed by atoms with Crippen molar-refractivity contribution < 1.29 is 0 Å². The van der Waals surface area contributed by atoms with Crippen molar-refractivity contribution in [1.82, 2.24) is 14.5 Å². The second kappa shape index (κ2) is 3.61. The summed E-state index contributed by atoms with van der Waals surface area (Å²) in [5.74, 6) is 0.653. The molecule has 0 saturated carbocycles. The van der Waals surface area contributed by atoms with Crippen LogP contribution in [-0.4, -0.2) is 14.5 Å². The lowest BCUT2D eigenvalue weighted by Crippen LogP contribution is -1.97. The van der Waals surface area contributed by atoms with Gasteiger partial charge in [0.15, 0.2) is 0 Å². The van der Waals surface area contributed by atoms with E-state index in [9.17, 15) is 0 Å². The molecule has 0 aliphatic rings. The summed E-state index contributed by atoms with van der Waals surface area (Å²) in [5.41, 5.74) is 1.01. The number of fused-ring (bicyclic) bond motifs is 1. The third-order valence-corrected chi connectivity index (χ3v) is 2.66. The number of rotatable bonds is 1. The Morgan fingerprint density at radius 1 is 1.06 bits per heavy atom.